The normalized spacial score (nSPS) is 14.6. The summed E-state index contributed by atoms with van der Waals surface area (Å²) in [7, 11) is -3.55. The fraction of sp³-hybridized carbons (Fsp3) is 0.412. The average Bonchev–Trinajstić information content (AvgIpc) is 3.24. The maximum Gasteiger partial charge on any atom is 0.221 e. The maximum atomic E-state index is 12.6. The highest BCUT2D eigenvalue weighted by Crippen LogP contribution is 2.26. The molecule has 1 amide bonds. The lowest BCUT2D eigenvalue weighted by Gasteiger charge is -2.09. The Morgan fingerprint density at radius 3 is 2.67 bits per heavy atom. The molecule has 0 radical (unpaired) electrons. The molecular formula is C17H20N2O4S. The van der Waals surface area contributed by atoms with Gasteiger partial charge in [-0.2, -0.15) is 0 Å². The summed E-state index contributed by atoms with van der Waals surface area (Å²) in [5, 5.41) is 6.63. The smallest absolute Gasteiger partial charge is 0.221 e. The zero-order chi connectivity index (χ0) is 17.3. The van der Waals surface area contributed by atoms with Crippen molar-refractivity contribution in [3.8, 4) is 11.3 Å². The summed E-state index contributed by atoms with van der Waals surface area (Å²) in [5.74, 6) is 0.113. The Hall–Kier alpha value is -2.15. The van der Waals surface area contributed by atoms with Crippen molar-refractivity contribution in [2.24, 2.45) is 0 Å². The number of hydrogen-bond acceptors (Lipinski definition) is 5. The molecule has 1 aliphatic carbocycles. The monoisotopic (exact) mass is 348 g/mol. The molecule has 1 aliphatic rings. The SMILES string of the molecule is Cc1cc(-c2ccc(C)c(S(=O)(=O)CCC(=O)NC3CC3)c2)on1. The molecule has 0 bridgehead atoms. The Balaban J connectivity index is 1.79. The van der Waals surface area contributed by atoms with Crippen molar-refractivity contribution in [1.82, 2.24) is 10.5 Å². The van der Waals surface area contributed by atoms with E-state index in [0.29, 0.717) is 16.9 Å². The van der Waals surface area contributed by atoms with Crippen LogP contribution in [-0.2, 0) is 14.6 Å². The van der Waals surface area contributed by atoms with Gasteiger partial charge < -0.3 is 9.84 Å². The molecule has 0 atom stereocenters. The van der Waals surface area contributed by atoms with Gasteiger partial charge in [-0.15, -0.1) is 0 Å². The van der Waals surface area contributed by atoms with E-state index in [4.69, 9.17) is 4.52 Å². The Kier molecular flexibility index (Phi) is 4.45. The van der Waals surface area contributed by atoms with Crippen LogP contribution in [0.1, 0.15) is 30.5 Å². The molecule has 0 aliphatic heterocycles. The minimum absolute atomic E-state index is 0.0239. The number of amides is 1. The molecule has 1 aromatic carbocycles. The maximum absolute atomic E-state index is 12.6. The molecule has 0 spiro atoms. The van der Waals surface area contributed by atoms with Crippen LogP contribution >= 0.6 is 0 Å². The van der Waals surface area contributed by atoms with Crippen LogP contribution in [0.2, 0.25) is 0 Å². The standard InChI is InChI=1S/C17H20N2O4S/c1-11-3-4-13(15-9-12(2)19-23-15)10-16(11)24(21,22)8-7-17(20)18-14-5-6-14/h3-4,9-10,14H,5-8H2,1-2H3,(H,18,20). The lowest BCUT2D eigenvalue weighted by molar-refractivity contribution is -0.120. The summed E-state index contributed by atoms with van der Waals surface area (Å²) >= 11 is 0. The number of nitrogens with one attached hydrogen (secondary N) is 1. The predicted molar refractivity (Wildman–Crippen MR) is 89.2 cm³/mol. The Morgan fingerprint density at radius 1 is 1.29 bits per heavy atom. The van der Waals surface area contributed by atoms with Gasteiger partial charge in [0.2, 0.25) is 5.91 Å². The second-order valence-corrected chi connectivity index (χ2v) is 8.30. The summed E-state index contributed by atoms with van der Waals surface area (Å²) in [5.41, 5.74) is 2.03. The molecule has 1 N–H and O–H groups in total. The number of hydrogen-bond donors (Lipinski definition) is 1. The third kappa shape index (κ3) is 3.84. The molecule has 1 aromatic heterocycles. The van der Waals surface area contributed by atoms with Gasteiger partial charge in [-0.3, -0.25) is 4.79 Å². The third-order valence-corrected chi connectivity index (χ3v) is 5.83. The molecule has 1 fully saturated rings. The van der Waals surface area contributed by atoms with Crippen molar-refractivity contribution in [2.75, 3.05) is 5.75 Å². The number of aryl methyl sites for hydroxylation is 2. The Bertz CT molecular complexity index is 866. The first kappa shape index (κ1) is 16.7. The first-order valence-corrected chi connectivity index (χ1v) is 9.57. The fourth-order valence-corrected chi connectivity index (χ4v) is 3.99. The Morgan fingerprint density at radius 2 is 2.04 bits per heavy atom. The zero-order valence-corrected chi connectivity index (χ0v) is 14.5. The molecule has 0 saturated heterocycles. The molecule has 7 heteroatoms. The summed E-state index contributed by atoms with van der Waals surface area (Å²) in [6.07, 6.45) is 1.94. The third-order valence-electron chi connectivity index (χ3n) is 3.98. The summed E-state index contributed by atoms with van der Waals surface area (Å²) in [4.78, 5) is 12.0. The Labute approximate surface area is 141 Å². The van der Waals surface area contributed by atoms with Gasteiger partial charge in [0.1, 0.15) is 0 Å². The number of carbonyl (C=O) groups excluding carboxylic acids is 1. The van der Waals surface area contributed by atoms with Gasteiger partial charge in [-0.05, 0) is 38.3 Å². The topological polar surface area (TPSA) is 89.3 Å². The van der Waals surface area contributed by atoms with E-state index in [9.17, 15) is 13.2 Å². The number of sulfone groups is 1. The van der Waals surface area contributed by atoms with E-state index >= 15 is 0 Å². The largest absolute Gasteiger partial charge is 0.356 e. The second-order valence-electron chi connectivity index (χ2n) is 6.22. The van der Waals surface area contributed by atoms with Crippen LogP contribution in [0, 0.1) is 13.8 Å². The summed E-state index contributed by atoms with van der Waals surface area (Å²) in [6, 6.07) is 7.12. The highest BCUT2D eigenvalue weighted by atomic mass is 32.2. The minimum Gasteiger partial charge on any atom is -0.356 e. The molecule has 128 valence electrons. The lowest BCUT2D eigenvalue weighted by Crippen LogP contribution is -2.27. The van der Waals surface area contributed by atoms with Crippen molar-refractivity contribution in [3.63, 3.8) is 0 Å². The molecule has 3 rings (SSSR count). The van der Waals surface area contributed by atoms with Gasteiger partial charge in [-0.25, -0.2) is 8.42 Å². The minimum atomic E-state index is -3.55. The number of aromatic nitrogens is 1. The average molecular weight is 348 g/mol. The van der Waals surface area contributed by atoms with E-state index in [0.717, 1.165) is 18.5 Å². The van der Waals surface area contributed by atoms with Gasteiger partial charge in [0, 0.05) is 24.1 Å². The van der Waals surface area contributed by atoms with Crippen molar-refractivity contribution in [2.45, 2.75) is 44.0 Å². The molecule has 6 nitrogen and oxygen atoms in total. The van der Waals surface area contributed by atoms with Crippen LogP contribution in [0.25, 0.3) is 11.3 Å². The van der Waals surface area contributed by atoms with Gasteiger partial charge in [-0.1, -0.05) is 17.3 Å². The molecule has 24 heavy (non-hydrogen) atoms. The zero-order valence-electron chi connectivity index (χ0n) is 13.7. The summed E-state index contributed by atoms with van der Waals surface area (Å²) < 4.78 is 30.4. The van der Waals surface area contributed by atoms with E-state index in [2.05, 4.69) is 10.5 Å². The van der Waals surface area contributed by atoms with Gasteiger partial charge in [0.05, 0.1) is 16.3 Å². The number of rotatable bonds is 6. The molecule has 1 saturated carbocycles. The van der Waals surface area contributed by atoms with Crippen LogP contribution in [0.3, 0.4) is 0 Å². The van der Waals surface area contributed by atoms with E-state index in [1.165, 1.54) is 0 Å². The second kappa shape index (κ2) is 6.39. The van der Waals surface area contributed by atoms with Crippen molar-refractivity contribution >= 4 is 15.7 Å². The van der Waals surface area contributed by atoms with Crippen LogP contribution in [-0.4, -0.2) is 31.3 Å². The van der Waals surface area contributed by atoms with E-state index in [1.54, 1.807) is 38.1 Å². The number of carbonyl (C=O) groups is 1. The molecule has 2 aromatic rings. The van der Waals surface area contributed by atoms with Crippen LogP contribution in [0.4, 0.5) is 0 Å². The van der Waals surface area contributed by atoms with Crippen molar-refractivity contribution in [3.05, 3.63) is 35.5 Å². The predicted octanol–water partition coefficient (Wildman–Crippen LogP) is 2.40. The highest BCUT2D eigenvalue weighted by molar-refractivity contribution is 7.91. The van der Waals surface area contributed by atoms with E-state index < -0.39 is 9.84 Å². The quantitative estimate of drug-likeness (QED) is 0.866. The number of benzene rings is 1. The van der Waals surface area contributed by atoms with Crippen LogP contribution < -0.4 is 5.32 Å². The van der Waals surface area contributed by atoms with Crippen LogP contribution in [0.15, 0.2) is 33.7 Å². The first-order valence-electron chi connectivity index (χ1n) is 7.91. The summed E-state index contributed by atoms with van der Waals surface area (Å²) in [6.45, 7) is 3.55. The van der Waals surface area contributed by atoms with Crippen molar-refractivity contribution in [1.29, 1.82) is 0 Å². The number of nitrogens with zero attached hydrogens (tertiary/aromatic N) is 1. The van der Waals surface area contributed by atoms with E-state index in [-0.39, 0.29) is 29.0 Å². The van der Waals surface area contributed by atoms with E-state index in [1.807, 2.05) is 0 Å². The van der Waals surface area contributed by atoms with Crippen molar-refractivity contribution < 1.29 is 17.7 Å². The van der Waals surface area contributed by atoms with Crippen LogP contribution in [0.5, 0.6) is 0 Å². The molecule has 1 heterocycles. The first-order chi connectivity index (χ1) is 11.3. The van der Waals surface area contributed by atoms with Gasteiger partial charge >= 0.3 is 0 Å². The fourth-order valence-electron chi connectivity index (χ4n) is 2.45. The van der Waals surface area contributed by atoms with Gasteiger partial charge in [0.25, 0.3) is 0 Å². The molecular weight excluding hydrogens is 328 g/mol. The molecule has 0 unspecified atom stereocenters. The lowest BCUT2D eigenvalue weighted by atomic mass is 10.1. The highest BCUT2D eigenvalue weighted by Gasteiger charge is 2.25. The van der Waals surface area contributed by atoms with Gasteiger partial charge in [0.15, 0.2) is 15.6 Å².